The second kappa shape index (κ2) is 12.5. The van der Waals surface area contributed by atoms with Gasteiger partial charge in [0.1, 0.15) is 23.9 Å². The van der Waals surface area contributed by atoms with Gasteiger partial charge in [-0.25, -0.2) is 4.39 Å². The molecule has 0 amide bonds. The van der Waals surface area contributed by atoms with Gasteiger partial charge in [-0.15, -0.1) is 0 Å². The van der Waals surface area contributed by atoms with Crippen LogP contribution in [0.3, 0.4) is 0 Å². The molecule has 0 radical (unpaired) electrons. The minimum Gasteiger partial charge on any atom is -0.508 e. The lowest BCUT2D eigenvalue weighted by Crippen LogP contribution is -2.53. The van der Waals surface area contributed by atoms with Crippen molar-refractivity contribution in [1.29, 1.82) is 0 Å². The predicted molar refractivity (Wildman–Crippen MR) is 137 cm³/mol. The second-order valence-electron chi connectivity index (χ2n) is 9.72. The second-order valence-corrected chi connectivity index (χ2v) is 9.72. The smallest absolute Gasteiger partial charge is 0.171 e. The Hall–Kier alpha value is -3.25. The van der Waals surface area contributed by atoms with Crippen LogP contribution in [0.1, 0.15) is 38.7 Å². The van der Waals surface area contributed by atoms with Crippen LogP contribution in [0.5, 0.6) is 23.0 Å². The Kier molecular flexibility index (Phi) is 9.38. The summed E-state index contributed by atoms with van der Waals surface area (Å²) in [6.07, 6.45) is 0.799. The van der Waals surface area contributed by atoms with Crippen molar-refractivity contribution in [2.24, 2.45) is 5.41 Å². The molecule has 1 fully saturated rings. The van der Waals surface area contributed by atoms with Crippen molar-refractivity contribution in [2.75, 3.05) is 32.8 Å². The molecule has 2 N–H and O–H groups in total. The van der Waals surface area contributed by atoms with E-state index < -0.39 is 5.82 Å². The van der Waals surface area contributed by atoms with Crippen LogP contribution in [0.4, 0.5) is 4.39 Å². The molecular weight excluding hydrogens is 445 g/mol. The minimum absolute atomic E-state index is 0.121. The zero-order valence-corrected chi connectivity index (χ0v) is 20.8. The van der Waals surface area contributed by atoms with Crippen molar-refractivity contribution in [2.45, 2.75) is 33.1 Å². The van der Waals surface area contributed by atoms with Crippen molar-refractivity contribution >= 4 is 0 Å². The number of fused-ring (bicyclic) bond motifs is 1. The average molecular weight is 482 g/mol. The molecule has 5 rings (SSSR count). The molecule has 0 saturated carbocycles. The highest BCUT2D eigenvalue weighted by Gasteiger charge is 2.33. The van der Waals surface area contributed by atoms with Crippen LogP contribution in [-0.4, -0.2) is 48.0 Å². The average Bonchev–Trinajstić information content (AvgIpc) is 2.82. The van der Waals surface area contributed by atoms with Gasteiger partial charge in [0.05, 0.1) is 6.61 Å². The maximum Gasteiger partial charge on any atom is 0.171 e. The molecule has 2 aliphatic heterocycles. The van der Waals surface area contributed by atoms with Crippen LogP contribution in [0.15, 0.2) is 72.8 Å². The summed E-state index contributed by atoms with van der Waals surface area (Å²) in [6.45, 7) is 11.4. The molecule has 35 heavy (non-hydrogen) atoms. The normalized spacial score (nSPS) is 17.8. The summed E-state index contributed by atoms with van der Waals surface area (Å²) in [6, 6.07) is 21.7. The van der Waals surface area contributed by atoms with Crippen LogP contribution in [0.25, 0.3) is 0 Å². The fourth-order valence-corrected chi connectivity index (χ4v) is 4.20. The zero-order valence-electron chi connectivity index (χ0n) is 20.8. The van der Waals surface area contributed by atoms with Crippen LogP contribution in [-0.2, 0) is 0 Å². The van der Waals surface area contributed by atoms with Gasteiger partial charge in [0.2, 0.25) is 0 Å². The number of para-hydroxylation sites is 2. The molecule has 3 aromatic carbocycles. The molecule has 3 aromatic rings. The van der Waals surface area contributed by atoms with E-state index in [0.717, 1.165) is 25.3 Å². The summed E-state index contributed by atoms with van der Waals surface area (Å²) in [7, 11) is 0. The van der Waals surface area contributed by atoms with E-state index in [0.29, 0.717) is 29.1 Å². The van der Waals surface area contributed by atoms with Crippen molar-refractivity contribution in [1.82, 2.24) is 4.90 Å². The number of phenols is 2. The van der Waals surface area contributed by atoms with Crippen molar-refractivity contribution in [3.05, 3.63) is 84.2 Å². The monoisotopic (exact) mass is 481 g/mol. The molecule has 2 heterocycles. The SMILES string of the molecule is CC1(C)CN(CCOc2ccccc2)C1.C[C@H]1CCOc2ccc(O)c(F)c21.Oc1ccccc1. The first-order valence-electron chi connectivity index (χ1n) is 12.0. The number of ether oxygens (including phenoxy) is 2. The molecule has 0 aromatic heterocycles. The van der Waals surface area contributed by atoms with E-state index in [-0.39, 0.29) is 11.7 Å². The zero-order chi connectivity index (χ0) is 25.3. The van der Waals surface area contributed by atoms with Crippen LogP contribution in [0.2, 0.25) is 0 Å². The third-order valence-corrected chi connectivity index (χ3v) is 5.90. The summed E-state index contributed by atoms with van der Waals surface area (Å²) in [4.78, 5) is 2.43. The Balaban J connectivity index is 0.000000156. The maximum absolute atomic E-state index is 13.4. The first-order valence-corrected chi connectivity index (χ1v) is 12.0. The highest BCUT2D eigenvalue weighted by Crippen LogP contribution is 2.38. The largest absolute Gasteiger partial charge is 0.508 e. The van der Waals surface area contributed by atoms with Crippen molar-refractivity contribution in [3.8, 4) is 23.0 Å². The van der Waals surface area contributed by atoms with Crippen LogP contribution in [0, 0.1) is 11.2 Å². The maximum atomic E-state index is 13.4. The van der Waals surface area contributed by atoms with E-state index in [1.165, 1.54) is 19.2 Å². The van der Waals surface area contributed by atoms with Gasteiger partial charge < -0.3 is 19.7 Å². The van der Waals surface area contributed by atoms with E-state index in [9.17, 15) is 4.39 Å². The number of likely N-dealkylation sites (tertiary alicyclic amines) is 1. The minimum atomic E-state index is -0.537. The molecule has 6 heteroatoms. The number of rotatable bonds is 4. The molecule has 1 saturated heterocycles. The topological polar surface area (TPSA) is 62.2 Å². The number of hydrogen-bond acceptors (Lipinski definition) is 5. The van der Waals surface area contributed by atoms with Gasteiger partial charge in [-0.1, -0.05) is 57.2 Å². The Morgan fingerprint density at radius 2 is 1.60 bits per heavy atom. The molecule has 0 aliphatic carbocycles. The first-order chi connectivity index (χ1) is 16.7. The number of benzene rings is 3. The third-order valence-electron chi connectivity index (χ3n) is 5.90. The number of phenolic OH excluding ortho intramolecular Hbond substituents is 2. The molecular formula is C29H36FNO4. The number of aromatic hydroxyl groups is 2. The summed E-state index contributed by atoms with van der Waals surface area (Å²) in [5.74, 6) is 1.14. The summed E-state index contributed by atoms with van der Waals surface area (Å²) >= 11 is 0. The standard InChI is InChI=1S/C13H19NO.C10H11FO2.C6H6O/c1-13(2)10-14(11-13)8-9-15-12-6-4-3-5-7-12;1-6-4-5-13-8-3-2-7(12)10(11)9(6)8;7-6-4-2-1-3-5-6/h3-7H,8-11H2,1-2H3;2-3,6,12H,4-5H2,1H3;1-5,7H/t;6-;/m.0./s1. The van der Waals surface area contributed by atoms with Crippen LogP contribution >= 0.6 is 0 Å². The molecule has 1 atom stereocenters. The van der Waals surface area contributed by atoms with Gasteiger partial charge >= 0.3 is 0 Å². The highest BCUT2D eigenvalue weighted by molar-refractivity contribution is 5.44. The van der Waals surface area contributed by atoms with E-state index in [1.54, 1.807) is 30.3 Å². The fraction of sp³-hybridized carbons (Fsp3) is 0.379. The molecule has 5 nitrogen and oxygen atoms in total. The van der Waals surface area contributed by atoms with E-state index in [4.69, 9.17) is 19.7 Å². The van der Waals surface area contributed by atoms with Gasteiger partial charge in [0, 0.05) is 25.2 Å². The Morgan fingerprint density at radius 1 is 0.971 bits per heavy atom. The van der Waals surface area contributed by atoms with Gasteiger partial charge in [-0.2, -0.15) is 0 Å². The van der Waals surface area contributed by atoms with E-state index >= 15 is 0 Å². The van der Waals surface area contributed by atoms with Gasteiger partial charge in [0.25, 0.3) is 0 Å². The Labute approximate surface area is 207 Å². The van der Waals surface area contributed by atoms with Crippen molar-refractivity contribution in [3.63, 3.8) is 0 Å². The quantitative estimate of drug-likeness (QED) is 0.463. The molecule has 0 unspecified atom stereocenters. The van der Waals surface area contributed by atoms with Crippen LogP contribution < -0.4 is 9.47 Å². The number of halogens is 1. The predicted octanol–water partition coefficient (Wildman–Crippen LogP) is 6.22. The Bertz CT molecular complexity index is 1040. The summed E-state index contributed by atoms with van der Waals surface area (Å²) in [5.41, 5.74) is 1.03. The lowest BCUT2D eigenvalue weighted by molar-refractivity contribution is 0.0213. The lowest BCUT2D eigenvalue weighted by atomic mass is 9.84. The third kappa shape index (κ3) is 8.18. The summed E-state index contributed by atoms with van der Waals surface area (Å²) in [5, 5.41) is 17.8. The van der Waals surface area contributed by atoms with Gasteiger partial charge in [-0.3, -0.25) is 4.90 Å². The highest BCUT2D eigenvalue weighted by atomic mass is 19.1. The Morgan fingerprint density at radius 3 is 2.17 bits per heavy atom. The van der Waals surface area contributed by atoms with Gasteiger partial charge in [-0.05, 0) is 54.2 Å². The van der Waals surface area contributed by atoms with Crippen molar-refractivity contribution < 1.29 is 24.1 Å². The molecule has 188 valence electrons. The van der Waals surface area contributed by atoms with Gasteiger partial charge in [0.15, 0.2) is 11.6 Å². The van der Waals surface area contributed by atoms with E-state index in [2.05, 4.69) is 18.7 Å². The lowest BCUT2D eigenvalue weighted by Gasteiger charge is -2.45. The summed E-state index contributed by atoms with van der Waals surface area (Å²) < 4.78 is 24.3. The first kappa shape index (κ1) is 26.4. The molecule has 0 bridgehead atoms. The molecule has 2 aliphatic rings. The fourth-order valence-electron chi connectivity index (χ4n) is 4.20. The molecule has 0 spiro atoms. The number of nitrogens with zero attached hydrogens (tertiary/aromatic N) is 1. The number of hydrogen-bond donors (Lipinski definition) is 2. The van der Waals surface area contributed by atoms with E-state index in [1.807, 2.05) is 43.3 Å².